The molecule has 0 radical (unpaired) electrons. The highest BCUT2D eigenvalue weighted by atomic mass is 16.4. The summed E-state index contributed by atoms with van der Waals surface area (Å²) in [6.45, 7) is 2.31. The monoisotopic (exact) mass is 766 g/mol. The maximum atomic E-state index is 14.6. The Morgan fingerprint density at radius 3 is 2.22 bits per heavy atom. The molecule has 3 spiro atoms. The second-order valence-electron chi connectivity index (χ2n) is 15.9. The number of carboxylic acid groups (broad SMARTS) is 2. The molecule has 0 aliphatic carbocycles. The number of phenolic OH excluding ortho intramolecular Hbond substituents is 1. The van der Waals surface area contributed by atoms with Gasteiger partial charge in [-0.25, -0.2) is 4.79 Å². The van der Waals surface area contributed by atoms with Crippen LogP contribution in [0.15, 0.2) is 24.3 Å². The van der Waals surface area contributed by atoms with Gasteiger partial charge in [-0.3, -0.25) is 38.4 Å². The molecule has 20 nitrogen and oxygen atoms in total. The van der Waals surface area contributed by atoms with Gasteiger partial charge in [0, 0.05) is 31.7 Å². The molecule has 0 aromatic heterocycles. The number of carbonyl (C=O) groups is 9. The number of hydrogen-bond donors (Lipinski definition) is 9. The molecule has 6 fully saturated rings. The van der Waals surface area contributed by atoms with Crippen LogP contribution in [-0.2, 0) is 49.6 Å². The number of piperazine rings is 3. The van der Waals surface area contributed by atoms with E-state index in [2.05, 4.69) is 31.9 Å². The van der Waals surface area contributed by atoms with Crippen LogP contribution in [0.3, 0.4) is 0 Å². The second-order valence-corrected chi connectivity index (χ2v) is 15.9. The van der Waals surface area contributed by atoms with Crippen molar-refractivity contribution >= 4 is 53.3 Å². The molecule has 1 aromatic carbocycles. The summed E-state index contributed by atoms with van der Waals surface area (Å²) >= 11 is 0. The summed E-state index contributed by atoms with van der Waals surface area (Å²) in [6.07, 6.45) is -1.14. The number of carboxylic acids is 2. The highest BCUT2D eigenvalue weighted by molar-refractivity contribution is 6.09. The van der Waals surface area contributed by atoms with E-state index >= 15 is 0 Å². The van der Waals surface area contributed by atoms with Crippen molar-refractivity contribution in [2.24, 2.45) is 11.8 Å². The normalized spacial score (nSPS) is 34.3. The number of aromatic hydroxyl groups is 1. The fourth-order valence-corrected chi connectivity index (χ4v) is 9.14. The largest absolute Gasteiger partial charge is 0.508 e. The van der Waals surface area contributed by atoms with Gasteiger partial charge in [0.2, 0.25) is 29.5 Å². The predicted molar refractivity (Wildman–Crippen MR) is 183 cm³/mol. The summed E-state index contributed by atoms with van der Waals surface area (Å²) in [5.41, 5.74) is -4.88. The molecule has 20 heteroatoms. The van der Waals surface area contributed by atoms with Crippen LogP contribution in [0.1, 0.15) is 45.1 Å². The molecule has 1 aromatic rings. The fourth-order valence-electron chi connectivity index (χ4n) is 9.14. The Kier molecular flexibility index (Phi) is 9.01. The number of hydrogen-bond acceptors (Lipinski definition) is 11. The molecular formula is C35H42N8O12. The SMILES string of the molecule is CC(C)C[C@H](NC(=O)[C@@H]1C[C@@]2(CN1)NC(=O)[C@@H]1[C@H](CC(=O)O)[C@]3(CN1C2=O)NC(=O)[C@@H]1C[C@@]2(CN1C3=O)NC(=O)[C@H](Cc1ccc(O)cc1)NC2=O)C(=O)O. The molecule has 9 N–H and O–H groups in total. The molecule has 0 saturated carbocycles. The Hall–Kier alpha value is -5.79. The highest BCUT2D eigenvalue weighted by Crippen LogP contribution is 2.46. The van der Waals surface area contributed by atoms with Gasteiger partial charge in [-0.05, 0) is 30.0 Å². The van der Waals surface area contributed by atoms with Gasteiger partial charge in [0.15, 0.2) is 0 Å². The van der Waals surface area contributed by atoms with Crippen molar-refractivity contribution in [3.05, 3.63) is 29.8 Å². The Morgan fingerprint density at radius 2 is 1.56 bits per heavy atom. The Balaban J connectivity index is 1.11. The maximum Gasteiger partial charge on any atom is 0.326 e. The highest BCUT2D eigenvalue weighted by Gasteiger charge is 2.71. The van der Waals surface area contributed by atoms with Crippen LogP contribution >= 0.6 is 0 Å². The molecule has 6 heterocycles. The van der Waals surface area contributed by atoms with Crippen LogP contribution in [0.4, 0.5) is 0 Å². The third kappa shape index (κ3) is 6.17. The first-order valence-corrected chi connectivity index (χ1v) is 18.0. The van der Waals surface area contributed by atoms with Crippen molar-refractivity contribution in [1.29, 1.82) is 0 Å². The van der Waals surface area contributed by atoms with Gasteiger partial charge >= 0.3 is 11.9 Å². The number of aliphatic carboxylic acids is 2. The van der Waals surface area contributed by atoms with Crippen LogP contribution in [-0.4, -0.2) is 145 Å². The van der Waals surface area contributed by atoms with E-state index in [0.29, 0.717) is 5.56 Å². The zero-order valence-electron chi connectivity index (χ0n) is 29.9. The van der Waals surface area contributed by atoms with E-state index in [1.807, 2.05) is 0 Å². The van der Waals surface area contributed by atoms with Gasteiger partial charge in [-0.15, -0.1) is 0 Å². The van der Waals surface area contributed by atoms with E-state index in [0.717, 1.165) is 9.80 Å². The Labute approximate surface area is 313 Å². The van der Waals surface area contributed by atoms with E-state index in [1.54, 1.807) is 26.0 Å². The summed E-state index contributed by atoms with van der Waals surface area (Å²) in [5.74, 6) is -9.20. The molecule has 7 rings (SSSR count). The van der Waals surface area contributed by atoms with E-state index in [1.165, 1.54) is 12.1 Å². The minimum Gasteiger partial charge on any atom is -0.508 e. The molecule has 0 unspecified atom stereocenters. The van der Waals surface area contributed by atoms with Crippen molar-refractivity contribution < 1.29 is 58.5 Å². The first-order chi connectivity index (χ1) is 25.9. The summed E-state index contributed by atoms with van der Waals surface area (Å²) in [5, 5.41) is 45.2. The lowest BCUT2D eigenvalue weighted by atomic mass is 9.77. The zero-order valence-corrected chi connectivity index (χ0v) is 29.9. The second kappa shape index (κ2) is 13.2. The molecule has 294 valence electrons. The van der Waals surface area contributed by atoms with Crippen LogP contribution in [0.25, 0.3) is 0 Å². The number of carbonyl (C=O) groups excluding carboxylic acids is 7. The smallest absolute Gasteiger partial charge is 0.326 e. The van der Waals surface area contributed by atoms with E-state index in [9.17, 15) is 58.5 Å². The average molecular weight is 767 g/mol. The standard InChI is InChI=1S/C35H42N8O12/c1-15(2)7-20(29(51)52)37-25(47)21-10-33(12-36-21)31(54)43-14-35(18(9-23(45)46)24(43)28(50)40-33)32(55)42-13-34(11-22(42)27(49)41-35)30(53)38-19(26(48)39-34)8-16-3-5-17(44)6-4-16/h3-6,15,18-22,24,36,44H,7-14H2,1-2H3,(H,37,47)(H,38,53)(H,39,48)(H,40,50)(H,41,49)(H,45,46)(H,51,52)/t18-,19-,20-,21-,22-,24-,33-,34-,35-/m0/s1. The summed E-state index contributed by atoms with van der Waals surface area (Å²) in [7, 11) is 0. The molecule has 7 amide bonds. The van der Waals surface area contributed by atoms with Gasteiger partial charge in [0.1, 0.15) is 46.5 Å². The van der Waals surface area contributed by atoms with E-state index in [4.69, 9.17) is 0 Å². The lowest BCUT2D eigenvalue weighted by Crippen LogP contribution is -2.73. The van der Waals surface area contributed by atoms with Crippen molar-refractivity contribution in [2.75, 3.05) is 19.6 Å². The first kappa shape index (κ1) is 37.5. The number of nitrogens with zero attached hydrogens (tertiary/aromatic N) is 2. The van der Waals surface area contributed by atoms with Crippen molar-refractivity contribution in [3.63, 3.8) is 0 Å². The third-order valence-electron chi connectivity index (χ3n) is 11.8. The van der Waals surface area contributed by atoms with Crippen molar-refractivity contribution in [1.82, 2.24) is 41.7 Å². The zero-order chi connectivity index (χ0) is 39.8. The molecule has 6 saturated heterocycles. The van der Waals surface area contributed by atoms with Gasteiger partial charge < -0.3 is 57.0 Å². The van der Waals surface area contributed by atoms with E-state index < -0.39 is 126 Å². The number of rotatable bonds is 9. The van der Waals surface area contributed by atoms with Crippen molar-refractivity contribution in [3.8, 4) is 5.75 Å². The minimum absolute atomic E-state index is 0.0231. The van der Waals surface area contributed by atoms with E-state index in [-0.39, 0.29) is 43.9 Å². The molecular weight excluding hydrogens is 724 g/mol. The molecule has 55 heavy (non-hydrogen) atoms. The summed E-state index contributed by atoms with van der Waals surface area (Å²) in [4.78, 5) is 123. The quantitative estimate of drug-likeness (QED) is 0.116. The van der Waals surface area contributed by atoms with Gasteiger partial charge in [0.25, 0.3) is 11.8 Å². The minimum atomic E-state index is -2.11. The number of phenols is 1. The lowest BCUT2D eigenvalue weighted by molar-refractivity contribution is -0.156. The van der Waals surface area contributed by atoms with Crippen LogP contribution in [0.5, 0.6) is 5.75 Å². The summed E-state index contributed by atoms with van der Waals surface area (Å²) < 4.78 is 0. The molecule has 6 aliphatic heterocycles. The van der Waals surface area contributed by atoms with Gasteiger partial charge in [-0.1, -0.05) is 26.0 Å². The average Bonchev–Trinajstić information content (AvgIpc) is 3.80. The fraction of sp³-hybridized carbons (Fsp3) is 0.571. The third-order valence-corrected chi connectivity index (χ3v) is 11.8. The summed E-state index contributed by atoms with van der Waals surface area (Å²) in [6, 6.07) is 0.0215. The first-order valence-electron chi connectivity index (χ1n) is 18.0. The van der Waals surface area contributed by atoms with Crippen LogP contribution in [0.2, 0.25) is 0 Å². The Bertz CT molecular complexity index is 1910. The number of amides is 7. The van der Waals surface area contributed by atoms with Crippen LogP contribution < -0.4 is 31.9 Å². The van der Waals surface area contributed by atoms with Gasteiger partial charge in [0.05, 0.1) is 25.6 Å². The lowest BCUT2D eigenvalue weighted by Gasteiger charge is -2.44. The van der Waals surface area contributed by atoms with Crippen LogP contribution in [0, 0.1) is 11.8 Å². The predicted octanol–water partition coefficient (Wildman–Crippen LogP) is -4.09. The topological polar surface area (TPSA) is 293 Å². The maximum absolute atomic E-state index is 14.6. The number of nitrogens with one attached hydrogen (secondary N) is 6. The van der Waals surface area contributed by atoms with Gasteiger partial charge in [-0.2, -0.15) is 0 Å². The molecule has 9 atom stereocenters. The number of fused-ring (bicyclic) bond motifs is 2. The molecule has 6 aliphatic rings. The Morgan fingerprint density at radius 1 is 0.873 bits per heavy atom. The number of benzene rings is 1. The molecule has 0 bridgehead atoms. The van der Waals surface area contributed by atoms with Crippen molar-refractivity contribution in [2.45, 2.75) is 92.8 Å².